The molecule has 9 heteroatoms. The summed E-state index contributed by atoms with van der Waals surface area (Å²) in [5.74, 6) is 0. The highest BCUT2D eigenvalue weighted by molar-refractivity contribution is 7.99. The van der Waals surface area contributed by atoms with Crippen molar-refractivity contribution in [3.63, 3.8) is 0 Å². The summed E-state index contributed by atoms with van der Waals surface area (Å²) in [6.45, 7) is 0.0605. The summed E-state index contributed by atoms with van der Waals surface area (Å²) in [6, 6.07) is 76.5. The number of fused-ring (bicyclic) bond motifs is 23. The maximum Gasteiger partial charge on any atom is 0.252 e. The summed E-state index contributed by atoms with van der Waals surface area (Å²) in [6.07, 6.45) is 0. The van der Waals surface area contributed by atoms with Crippen molar-refractivity contribution in [2.45, 2.75) is 9.79 Å². The summed E-state index contributed by atoms with van der Waals surface area (Å²) in [5.41, 5.74) is 27.8. The summed E-state index contributed by atoms with van der Waals surface area (Å²) in [5, 5.41) is 2.67. The quantitative estimate of drug-likeness (QED) is 0.152. The Bertz CT molecular complexity index is 4200. The Morgan fingerprint density at radius 3 is 1.36 bits per heavy atom. The average molecular weight is 907 g/mol. The zero-order valence-corrected chi connectivity index (χ0v) is 38.5. The van der Waals surface area contributed by atoms with Gasteiger partial charge in [-0.05, 0) is 127 Å². The van der Waals surface area contributed by atoms with Gasteiger partial charge in [-0.2, -0.15) is 0 Å². The highest BCUT2D eigenvalue weighted by Gasteiger charge is 2.57. The van der Waals surface area contributed by atoms with Crippen LogP contribution in [0.5, 0.6) is 0 Å². The van der Waals surface area contributed by atoms with Gasteiger partial charge in [-0.25, -0.2) is 0 Å². The fourth-order valence-electron chi connectivity index (χ4n) is 13.9. The Hall–Kier alpha value is -7.84. The van der Waals surface area contributed by atoms with E-state index in [1.807, 2.05) is 23.1 Å². The third-order valence-corrected chi connectivity index (χ3v) is 18.6. The average Bonchev–Trinajstić information content (AvgIpc) is 3.78. The van der Waals surface area contributed by atoms with E-state index in [1.54, 1.807) is 0 Å². The number of hydrogen-bond acceptors (Lipinski definition) is 6. The summed E-state index contributed by atoms with van der Waals surface area (Å²) in [7, 11) is 0. The van der Waals surface area contributed by atoms with Crippen LogP contribution in [0.15, 0.2) is 210 Å². The van der Waals surface area contributed by atoms with E-state index in [0.29, 0.717) is 0 Å². The van der Waals surface area contributed by atoms with Crippen LogP contribution in [0, 0.1) is 0 Å². The molecular formula is C60H33B3N4S2. The van der Waals surface area contributed by atoms with E-state index in [0.717, 1.165) is 5.69 Å². The summed E-state index contributed by atoms with van der Waals surface area (Å²) < 4.78 is 2.66. The second-order valence-corrected chi connectivity index (χ2v) is 21.6. The first kappa shape index (κ1) is 36.2. The minimum Gasteiger partial charge on any atom is -0.312 e. The van der Waals surface area contributed by atoms with Gasteiger partial charge in [0.2, 0.25) is 0 Å². The maximum absolute atomic E-state index is 2.72. The van der Waals surface area contributed by atoms with Gasteiger partial charge in [0.05, 0.1) is 11.4 Å². The molecule has 0 aliphatic carbocycles. The number of anilines is 12. The van der Waals surface area contributed by atoms with Crippen molar-refractivity contribution in [1.82, 2.24) is 0 Å². The normalized spacial score (nSPS) is 15.0. The van der Waals surface area contributed by atoms with E-state index in [1.165, 1.54) is 142 Å². The fraction of sp³-hybridized carbons (Fsp3) is 0. The van der Waals surface area contributed by atoms with Crippen molar-refractivity contribution in [1.29, 1.82) is 0 Å². The third-order valence-electron chi connectivity index (χ3n) is 16.3. The van der Waals surface area contributed by atoms with E-state index in [9.17, 15) is 0 Å². The lowest BCUT2D eigenvalue weighted by molar-refractivity contribution is 1.16. The lowest BCUT2D eigenvalue weighted by Gasteiger charge is -2.55. The zero-order valence-electron chi connectivity index (χ0n) is 36.9. The third kappa shape index (κ3) is 4.28. The van der Waals surface area contributed by atoms with E-state index in [2.05, 4.69) is 220 Å². The Morgan fingerprint density at radius 1 is 0.290 bits per heavy atom. The molecule has 7 aliphatic heterocycles. The van der Waals surface area contributed by atoms with Crippen LogP contribution in [0.3, 0.4) is 0 Å². The molecule has 7 aliphatic rings. The topological polar surface area (TPSA) is 13.0 Å². The molecule has 0 radical (unpaired) electrons. The van der Waals surface area contributed by atoms with Crippen LogP contribution in [0.1, 0.15) is 0 Å². The molecule has 0 amide bonds. The number of nitrogens with zero attached hydrogens (tertiary/aromatic N) is 4. The Balaban J connectivity index is 1.05. The fourth-order valence-corrected chi connectivity index (χ4v) is 16.1. The Labute approximate surface area is 407 Å². The molecule has 0 saturated carbocycles. The molecule has 0 spiro atoms. The van der Waals surface area contributed by atoms with Gasteiger partial charge in [-0.1, -0.05) is 139 Å². The largest absolute Gasteiger partial charge is 0.312 e. The highest BCUT2D eigenvalue weighted by atomic mass is 32.2. The van der Waals surface area contributed by atoms with Crippen LogP contribution < -0.4 is 68.8 Å². The molecule has 10 aromatic carbocycles. The molecule has 0 fully saturated rings. The minimum absolute atomic E-state index is 0.0371. The van der Waals surface area contributed by atoms with Crippen molar-refractivity contribution in [3.05, 3.63) is 200 Å². The molecule has 1 aromatic heterocycles. The second kappa shape index (κ2) is 12.6. The van der Waals surface area contributed by atoms with E-state index in [-0.39, 0.29) is 20.1 Å². The number of benzene rings is 10. The van der Waals surface area contributed by atoms with E-state index < -0.39 is 0 Å². The van der Waals surface area contributed by atoms with Gasteiger partial charge in [0.25, 0.3) is 20.1 Å². The SMILES string of the molecule is c1ccc(N2c3ccccc3Sc3cc4c(cc32)N2c3ccccc3B3c5ccccc5N5c6ccccc6B6c7ccccc7N7c8cc9sc%10ccccc%10c9cc8B4c4c2c3c5c6c47)cc1. The molecule has 18 rings (SSSR count). The van der Waals surface area contributed by atoms with E-state index >= 15 is 0 Å². The number of rotatable bonds is 1. The van der Waals surface area contributed by atoms with Crippen LogP contribution in [-0.4, -0.2) is 20.1 Å². The van der Waals surface area contributed by atoms with Crippen molar-refractivity contribution in [2.24, 2.45) is 0 Å². The zero-order chi connectivity index (χ0) is 44.4. The summed E-state index contributed by atoms with van der Waals surface area (Å²) in [4.78, 5) is 13.2. The van der Waals surface area contributed by atoms with Gasteiger partial charge in [-0.15, -0.1) is 11.3 Å². The molecule has 0 unspecified atom stereocenters. The first-order valence-corrected chi connectivity index (χ1v) is 25.7. The second-order valence-electron chi connectivity index (χ2n) is 19.5. The van der Waals surface area contributed by atoms with Crippen LogP contribution in [0.25, 0.3) is 20.2 Å². The Morgan fingerprint density at radius 2 is 0.754 bits per heavy atom. The van der Waals surface area contributed by atoms with Crippen molar-refractivity contribution in [3.8, 4) is 0 Å². The highest BCUT2D eigenvalue weighted by Crippen LogP contribution is 2.56. The van der Waals surface area contributed by atoms with Gasteiger partial charge >= 0.3 is 0 Å². The standard InChI is InChI=1S/C60H33B3N4S2/c1-2-16-34(17-3-1)64-47-27-13-15-29-52(47)69-54-31-42-48(32-50(54)64)66-45-25-11-7-21-39(45)61-37-19-5-9-23-43(37)65-44-24-10-6-20-38(44)62-40-22-8-12-26-46(40)67-49-33-53-36(35-18-4-14-28-51(35)68-53)30-41(49)63(42)57-59(66)55(61)58(65)56(62)60(57)67/h1-33H. The smallest absolute Gasteiger partial charge is 0.252 e. The first-order valence-electron chi connectivity index (χ1n) is 24.0. The molecule has 0 bridgehead atoms. The summed E-state index contributed by atoms with van der Waals surface area (Å²) >= 11 is 3.83. The van der Waals surface area contributed by atoms with Crippen LogP contribution in [-0.2, 0) is 0 Å². The van der Waals surface area contributed by atoms with Gasteiger partial charge < -0.3 is 19.6 Å². The predicted octanol–water partition coefficient (Wildman–Crippen LogP) is 9.83. The Kier molecular flexibility index (Phi) is 6.63. The van der Waals surface area contributed by atoms with Gasteiger partial charge in [0.1, 0.15) is 0 Å². The van der Waals surface area contributed by atoms with Gasteiger partial charge in [0, 0.05) is 81.5 Å². The minimum atomic E-state index is -0.0371. The van der Waals surface area contributed by atoms with Crippen molar-refractivity contribution in [2.75, 3.05) is 19.6 Å². The molecule has 0 N–H and O–H groups in total. The lowest BCUT2D eigenvalue weighted by Crippen LogP contribution is -2.74. The van der Waals surface area contributed by atoms with E-state index in [4.69, 9.17) is 0 Å². The molecule has 314 valence electrons. The lowest BCUT2D eigenvalue weighted by atomic mass is 9.24. The molecule has 8 heterocycles. The van der Waals surface area contributed by atoms with Gasteiger partial charge in [0.15, 0.2) is 0 Å². The number of para-hydroxylation sites is 6. The van der Waals surface area contributed by atoms with Gasteiger partial charge in [-0.3, -0.25) is 0 Å². The molecule has 4 nitrogen and oxygen atoms in total. The first-order chi connectivity index (χ1) is 34.3. The molecule has 69 heavy (non-hydrogen) atoms. The molecule has 0 saturated heterocycles. The number of thiophene rings is 1. The predicted molar refractivity (Wildman–Crippen MR) is 296 cm³/mol. The number of hydrogen-bond donors (Lipinski definition) is 0. The van der Waals surface area contributed by atoms with Crippen LogP contribution in [0.2, 0.25) is 0 Å². The molecule has 11 aromatic rings. The monoisotopic (exact) mass is 906 g/mol. The molecule has 0 atom stereocenters. The van der Waals surface area contributed by atoms with Crippen molar-refractivity contribution < 1.29 is 0 Å². The molecular weight excluding hydrogens is 873 g/mol. The maximum atomic E-state index is 2.72. The van der Waals surface area contributed by atoms with Crippen LogP contribution in [0.4, 0.5) is 68.2 Å². The van der Waals surface area contributed by atoms with Crippen molar-refractivity contribution >= 4 is 181 Å². The van der Waals surface area contributed by atoms with Crippen LogP contribution >= 0.6 is 23.1 Å².